The second-order valence-electron chi connectivity index (χ2n) is 2.75. The SMILES string of the molecule is N#Cc1ccc(NC(CO)CO)nc1. The molecule has 0 spiro atoms. The number of hydrogen-bond acceptors (Lipinski definition) is 5. The van der Waals surface area contributed by atoms with Crippen LogP contribution < -0.4 is 5.32 Å². The van der Waals surface area contributed by atoms with E-state index in [9.17, 15) is 0 Å². The molecule has 14 heavy (non-hydrogen) atoms. The number of pyridine rings is 1. The van der Waals surface area contributed by atoms with E-state index in [1.54, 1.807) is 12.1 Å². The lowest BCUT2D eigenvalue weighted by Gasteiger charge is -2.13. The highest BCUT2D eigenvalue weighted by Crippen LogP contribution is 2.05. The average Bonchev–Trinajstić information content (AvgIpc) is 2.26. The van der Waals surface area contributed by atoms with Crippen LogP contribution in [0.15, 0.2) is 18.3 Å². The minimum absolute atomic E-state index is 0.168. The molecule has 1 heterocycles. The summed E-state index contributed by atoms with van der Waals surface area (Å²) in [5.41, 5.74) is 0.472. The lowest BCUT2D eigenvalue weighted by molar-refractivity contribution is 0.203. The summed E-state index contributed by atoms with van der Waals surface area (Å²) in [4.78, 5) is 3.93. The molecule has 0 atom stereocenters. The van der Waals surface area contributed by atoms with E-state index in [4.69, 9.17) is 15.5 Å². The summed E-state index contributed by atoms with van der Waals surface area (Å²) in [7, 11) is 0. The van der Waals surface area contributed by atoms with Crippen molar-refractivity contribution in [1.82, 2.24) is 4.98 Å². The third-order valence-electron chi connectivity index (χ3n) is 1.69. The molecule has 1 aromatic rings. The third kappa shape index (κ3) is 2.69. The van der Waals surface area contributed by atoms with E-state index in [1.165, 1.54) is 6.20 Å². The number of rotatable bonds is 4. The largest absolute Gasteiger partial charge is 0.394 e. The van der Waals surface area contributed by atoms with Gasteiger partial charge in [-0.25, -0.2) is 4.98 Å². The first-order chi connectivity index (χ1) is 6.80. The van der Waals surface area contributed by atoms with Crippen molar-refractivity contribution in [3.8, 4) is 6.07 Å². The molecule has 0 radical (unpaired) electrons. The normalized spacial score (nSPS) is 9.86. The van der Waals surface area contributed by atoms with Gasteiger partial charge in [0, 0.05) is 6.20 Å². The fraction of sp³-hybridized carbons (Fsp3) is 0.333. The van der Waals surface area contributed by atoms with E-state index >= 15 is 0 Å². The maximum atomic E-state index is 8.79. The van der Waals surface area contributed by atoms with Crippen molar-refractivity contribution in [2.45, 2.75) is 6.04 Å². The Morgan fingerprint density at radius 3 is 2.57 bits per heavy atom. The molecule has 3 N–H and O–H groups in total. The molecule has 0 aliphatic heterocycles. The van der Waals surface area contributed by atoms with E-state index < -0.39 is 6.04 Å². The van der Waals surface area contributed by atoms with Crippen molar-refractivity contribution >= 4 is 5.82 Å². The fourth-order valence-corrected chi connectivity index (χ4v) is 0.904. The van der Waals surface area contributed by atoms with Crippen LogP contribution in [0.1, 0.15) is 5.56 Å². The summed E-state index contributed by atoms with van der Waals surface area (Å²) in [6.07, 6.45) is 1.42. The van der Waals surface area contributed by atoms with Crippen LogP contribution in [0.3, 0.4) is 0 Å². The highest BCUT2D eigenvalue weighted by molar-refractivity contribution is 5.39. The number of hydrogen-bond donors (Lipinski definition) is 3. The van der Waals surface area contributed by atoms with Crippen LogP contribution in [0, 0.1) is 11.3 Å². The number of aliphatic hydroxyl groups is 2. The van der Waals surface area contributed by atoms with Gasteiger partial charge in [0.05, 0.1) is 24.8 Å². The van der Waals surface area contributed by atoms with Crippen molar-refractivity contribution in [2.75, 3.05) is 18.5 Å². The van der Waals surface area contributed by atoms with Gasteiger partial charge in [0.25, 0.3) is 0 Å². The number of aliphatic hydroxyl groups excluding tert-OH is 2. The van der Waals surface area contributed by atoms with Crippen LogP contribution >= 0.6 is 0 Å². The fourth-order valence-electron chi connectivity index (χ4n) is 0.904. The maximum absolute atomic E-state index is 8.79. The molecule has 0 fully saturated rings. The Morgan fingerprint density at radius 2 is 2.14 bits per heavy atom. The van der Waals surface area contributed by atoms with Gasteiger partial charge in [-0.15, -0.1) is 0 Å². The van der Waals surface area contributed by atoms with Gasteiger partial charge in [-0.05, 0) is 12.1 Å². The number of nitrogens with one attached hydrogen (secondary N) is 1. The van der Waals surface area contributed by atoms with Gasteiger partial charge in [0.15, 0.2) is 0 Å². The van der Waals surface area contributed by atoms with Gasteiger partial charge >= 0.3 is 0 Å². The van der Waals surface area contributed by atoms with Gasteiger partial charge in [-0.3, -0.25) is 0 Å². The summed E-state index contributed by atoms with van der Waals surface area (Å²) in [5, 5.41) is 28.9. The van der Waals surface area contributed by atoms with Gasteiger partial charge in [-0.2, -0.15) is 5.26 Å². The molecule has 0 saturated carbocycles. The Bertz CT molecular complexity index is 314. The number of nitrogens with zero attached hydrogens (tertiary/aromatic N) is 2. The monoisotopic (exact) mass is 193 g/mol. The van der Waals surface area contributed by atoms with Crippen LogP contribution in [0.2, 0.25) is 0 Å². The predicted octanol–water partition coefficient (Wildman–Crippen LogP) is -0.282. The predicted molar refractivity (Wildman–Crippen MR) is 50.5 cm³/mol. The zero-order valence-electron chi connectivity index (χ0n) is 7.51. The van der Waals surface area contributed by atoms with E-state index in [-0.39, 0.29) is 13.2 Å². The Balaban J connectivity index is 2.64. The first-order valence-electron chi connectivity index (χ1n) is 4.14. The van der Waals surface area contributed by atoms with E-state index in [0.29, 0.717) is 11.4 Å². The zero-order chi connectivity index (χ0) is 10.4. The molecular weight excluding hydrogens is 182 g/mol. The molecular formula is C9H11N3O2. The van der Waals surface area contributed by atoms with Crippen LogP contribution in [-0.4, -0.2) is 34.5 Å². The molecule has 0 aliphatic carbocycles. The molecule has 5 heteroatoms. The first-order valence-corrected chi connectivity index (χ1v) is 4.14. The summed E-state index contributed by atoms with van der Waals surface area (Å²) >= 11 is 0. The van der Waals surface area contributed by atoms with Gasteiger partial charge in [0.2, 0.25) is 0 Å². The van der Waals surface area contributed by atoms with Gasteiger partial charge < -0.3 is 15.5 Å². The molecule has 74 valence electrons. The van der Waals surface area contributed by atoms with Crippen LogP contribution in [-0.2, 0) is 0 Å². The summed E-state index contributed by atoms with van der Waals surface area (Å²) in [6.45, 7) is -0.337. The van der Waals surface area contributed by atoms with E-state index in [0.717, 1.165) is 0 Å². The zero-order valence-corrected chi connectivity index (χ0v) is 7.51. The summed E-state index contributed by atoms with van der Waals surface area (Å²) < 4.78 is 0. The molecule has 0 saturated heterocycles. The Hall–Kier alpha value is -1.64. The lowest BCUT2D eigenvalue weighted by Crippen LogP contribution is -2.28. The Labute approximate surface area is 81.6 Å². The van der Waals surface area contributed by atoms with Crippen LogP contribution in [0.4, 0.5) is 5.82 Å². The van der Waals surface area contributed by atoms with Crippen molar-refractivity contribution in [2.24, 2.45) is 0 Å². The van der Waals surface area contributed by atoms with Crippen LogP contribution in [0.5, 0.6) is 0 Å². The number of aromatic nitrogens is 1. The second kappa shape index (κ2) is 5.17. The molecule has 0 aromatic carbocycles. The van der Waals surface area contributed by atoms with Crippen molar-refractivity contribution in [3.05, 3.63) is 23.9 Å². The molecule has 1 rings (SSSR count). The Kier molecular flexibility index (Phi) is 3.85. The first kappa shape index (κ1) is 10.4. The van der Waals surface area contributed by atoms with E-state index in [1.807, 2.05) is 6.07 Å². The van der Waals surface area contributed by atoms with E-state index in [2.05, 4.69) is 10.3 Å². The third-order valence-corrected chi connectivity index (χ3v) is 1.69. The van der Waals surface area contributed by atoms with Crippen molar-refractivity contribution in [1.29, 1.82) is 5.26 Å². The highest BCUT2D eigenvalue weighted by atomic mass is 16.3. The van der Waals surface area contributed by atoms with Crippen molar-refractivity contribution in [3.63, 3.8) is 0 Å². The minimum Gasteiger partial charge on any atom is -0.394 e. The second-order valence-corrected chi connectivity index (χ2v) is 2.75. The number of anilines is 1. The molecule has 0 bridgehead atoms. The average molecular weight is 193 g/mol. The molecule has 0 amide bonds. The van der Waals surface area contributed by atoms with Crippen LogP contribution in [0.25, 0.3) is 0 Å². The molecule has 5 nitrogen and oxygen atoms in total. The van der Waals surface area contributed by atoms with Crippen molar-refractivity contribution < 1.29 is 10.2 Å². The summed E-state index contributed by atoms with van der Waals surface area (Å²) in [5.74, 6) is 0.525. The lowest BCUT2D eigenvalue weighted by atomic mass is 10.3. The molecule has 0 unspecified atom stereocenters. The minimum atomic E-state index is -0.421. The quantitative estimate of drug-likeness (QED) is 0.612. The maximum Gasteiger partial charge on any atom is 0.126 e. The molecule has 1 aromatic heterocycles. The topological polar surface area (TPSA) is 89.2 Å². The van der Waals surface area contributed by atoms with Gasteiger partial charge in [0.1, 0.15) is 11.9 Å². The highest BCUT2D eigenvalue weighted by Gasteiger charge is 2.05. The van der Waals surface area contributed by atoms with Gasteiger partial charge in [-0.1, -0.05) is 0 Å². The number of nitriles is 1. The standard InChI is InChI=1S/C9H11N3O2/c10-3-7-1-2-9(11-4-7)12-8(5-13)6-14/h1-2,4,8,13-14H,5-6H2,(H,11,12). The Morgan fingerprint density at radius 1 is 1.43 bits per heavy atom. The summed E-state index contributed by atoms with van der Waals surface area (Å²) in [6, 6.07) is 4.76. The smallest absolute Gasteiger partial charge is 0.126 e. The molecule has 0 aliphatic rings.